The molecule has 28 heavy (non-hydrogen) atoms. The van der Waals surface area contributed by atoms with Gasteiger partial charge in [0.2, 0.25) is 5.91 Å². The molecule has 2 aromatic heterocycles. The van der Waals surface area contributed by atoms with Crippen molar-refractivity contribution in [3.8, 4) is 10.6 Å². The van der Waals surface area contributed by atoms with E-state index in [1.165, 1.54) is 0 Å². The summed E-state index contributed by atoms with van der Waals surface area (Å²) in [5.74, 6) is 0.0510. The topological polar surface area (TPSA) is 62.3 Å². The van der Waals surface area contributed by atoms with Crippen LogP contribution in [0.2, 0.25) is 0 Å². The summed E-state index contributed by atoms with van der Waals surface area (Å²) in [7, 11) is 0. The number of likely N-dealkylation sites (tertiary alicyclic amines) is 1. The number of hydrogen-bond donors (Lipinski definition) is 1. The van der Waals surface area contributed by atoms with Gasteiger partial charge in [0.25, 0.3) is 5.91 Å². The Labute approximate surface area is 168 Å². The molecule has 2 amide bonds. The molecule has 1 saturated heterocycles. The van der Waals surface area contributed by atoms with E-state index in [4.69, 9.17) is 4.98 Å². The lowest BCUT2D eigenvalue weighted by molar-refractivity contribution is -0.135. The maximum absolute atomic E-state index is 13.0. The summed E-state index contributed by atoms with van der Waals surface area (Å²) in [6.45, 7) is 3.21. The smallest absolute Gasteiger partial charge is 0.252 e. The second-order valence-corrected chi connectivity index (χ2v) is 8.10. The Morgan fingerprint density at radius 2 is 2.11 bits per heavy atom. The van der Waals surface area contributed by atoms with E-state index in [9.17, 15) is 9.59 Å². The lowest BCUT2D eigenvalue weighted by Gasteiger charge is -2.32. The zero-order valence-electron chi connectivity index (χ0n) is 15.9. The van der Waals surface area contributed by atoms with Crippen LogP contribution in [0.1, 0.15) is 36.5 Å². The molecule has 1 N–H and O–H groups in total. The second-order valence-electron chi connectivity index (χ2n) is 7.15. The molecule has 0 spiro atoms. The van der Waals surface area contributed by atoms with Crippen molar-refractivity contribution in [1.29, 1.82) is 0 Å². The highest BCUT2D eigenvalue weighted by Crippen LogP contribution is 2.27. The lowest BCUT2D eigenvalue weighted by atomic mass is 10.1. The number of para-hydroxylation sites is 1. The zero-order valence-corrected chi connectivity index (χ0v) is 16.7. The van der Waals surface area contributed by atoms with Crippen molar-refractivity contribution in [2.45, 2.75) is 32.2 Å². The highest BCUT2D eigenvalue weighted by atomic mass is 32.1. The molecule has 5 nitrogen and oxygen atoms in total. The highest BCUT2D eigenvalue weighted by Gasteiger charge is 2.23. The van der Waals surface area contributed by atoms with E-state index in [-0.39, 0.29) is 17.9 Å². The number of rotatable bonds is 5. The molecule has 1 aliphatic heterocycles. The molecule has 1 unspecified atom stereocenters. The fraction of sp³-hybridized carbons (Fsp3) is 0.318. The number of pyridine rings is 1. The van der Waals surface area contributed by atoms with Crippen LogP contribution in [-0.2, 0) is 4.79 Å². The van der Waals surface area contributed by atoms with Crippen molar-refractivity contribution in [2.24, 2.45) is 0 Å². The second kappa shape index (κ2) is 8.10. The molecule has 1 aromatic carbocycles. The van der Waals surface area contributed by atoms with Crippen LogP contribution >= 0.6 is 11.3 Å². The SMILES string of the molecule is CC(CNC(=O)c1cc(-c2cccs2)nc2ccccc12)N1CCCCC1=O. The molecule has 0 bridgehead atoms. The maximum atomic E-state index is 13.0. The molecule has 1 fully saturated rings. The summed E-state index contributed by atoms with van der Waals surface area (Å²) in [6, 6.07) is 13.5. The number of nitrogens with one attached hydrogen (secondary N) is 1. The van der Waals surface area contributed by atoms with Gasteiger partial charge in [0.05, 0.1) is 21.7 Å². The van der Waals surface area contributed by atoms with E-state index in [1.54, 1.807) is 11.3 Å². The number of fused-ring (bicyclic) bond motifs is 1. The fourth-order valence-electron chi connectivity index (χ4n) is 3.65. The Morgan fingerprint density at radius 1 is 1.25 bits per heavy atom. The Morgan fingerprint density at radius 3 is 2.89 bits per heavy atom. The Hall–Kier alpha value is -2.73. The highest BCUT2D eigenvalue weighted by molar-refractivity contribution is 7.13. The Bertz CT molecular complexity index is 1000. The van der Waals surface area contributed by atoms with Crippen molar-refractivity contribution >= 4 is 34.1 Å². The van der Waals surface area contributed by atoms with Crippen LogP contribution in [-0.4, -0.2) is 40.8 Å². The molecule has 3 aromatic rings. The first kappa shape index (κ1) is 18.6. The molecule has 0 radical (unpaired) electrons. The van der Waals surface area contributed by atoms with Gasteiger partial charge >= 0.3 is 0 Å². The number of carbonyl (C=O) groups excluding carboxylic acids is 2. The summed E-state index contributed by atoms with van der Waals surface area (Å²) in [5, 5.41) is 5.86. The van der Waals surface area contributed by atoms with Crippen molar-refractivity contribution in [1.82, 2.24) is 15.2 Å². The lowest BCUT2D eigenvalue weighted by Crippen LogP contribution is -2.47. The summed E-state index contributed by atoms with van der Waals surface area (Å²) in [6.07, 6.45) is 2.60. The van der Waals surface area contributed by atoms with Crippen LogP contribution in [0.3, 0.4) is 0 Å². The molecular weight excluding hydrogens is 370 g/mol. The monoisotopic (exact) mass is 393 g/mol. The van der Waals surface area contributed by atoms with E-state index in [2.05, 4.69) is 5.32 Å². The number of amides is 2. The first-order valence-electron chi connectivity index (χ1n) is 9.65. The van der Waals surface area contributed by atoms with Crippen LogP contribution in [0.15, 0.2) is 47.8 Å². The van der Waals surface area contributed by atoms with Crippen LogP contribution in [0.5, 0.6) is 0 Å². The molecule has 1 atom stereocenters. The summed E-state index contributed by atoms with van der Waals surface area (Å²) >= 11 is 1.60. The van der Waals surface area contributed by atoms with Crippen molar-refractivity contribution in [3.63, 3.8) is 0 Å². The Kier molecular flexibility index (Phi) is 5.39. The van der Waals surface area contributed by atoms with Gasteiger partial charge in [-0.3, -0.25) is 9.59 Å². The Balaban J connectivity index is 1.57. The first-order valence-corrected chi connectivity index (χ1v) is 10.5. The summed E-state index contributed by atoms with van der Waals surface area (Å²) < 4.78 is 0. The summed E-state index contributed by atoms with van der Waals surface area (Å²) in [4.78, 5) is 32.7. The molecule has 0 saturated carbocycles. The minimum absolute atomic E-state index is 0.0124. The van der Waals surface area contributed by atoms with Gasteiger partial charge < -0.3 is 10.2 Å². The van der Waals surface area contributed by atoms with Gasteiger partial charge in [-0.25, -0.2) is 4.98 Å². The zero-order chi connectivity index (χ0) is 19.5. The normalized spacial score (nSPS) is 15.6. The average Bonchev–Trinajstić information content (AvgIpc) is 3.26. The number of piperidine rings is 1. The average molecular weight is 394 g/mol. The van der Waals surface area contributed by atoms with E-state index < -0.39 is 0 Å². The number of hydrogen-bond acceptors (Lipinski definition) is 4. The van der Waals surface area contributed by atoms with Gasteiger partial charge in [0.15, 0.2) is 0 Å². The van der Waals surface area contributed by atoms with E-state index >= 15 is 0 Å². The molecule has 4 rings (SSSR count). The van der Waals surface area contributed by atoms with Crippen LogP contribution < -0.4 is 5.32 Å². The quantitative estimate of drug-likeness (QED) is 0.710. The third kappa shape index (κ3) is 3.78. The molecule has 0 aliphatic carbocycles. The maximum Gasteiger partial charge on any atom is 0.252 e. The first-order chi connectivity index (χ1) is 13.6. The van der Waals surface area contributed by atoms with Crippen LogP contribution in [0.25, 0.3) is 21.5 Å². The fourth-order valence-corrected chi connectivity index (χ4v) is 4.34. The van der Waals surface area contributed by atoms with Crippen LogP contribution in [0, 0.1) is 0 Å². The van der Waals surface area contributed by atoms with Crippen molar-refractivity contribution < 1.29 is 9.59 Å². The summed E-state index contributed by atoms with van der Waals surface area (Å²) in [5.41, 5.74) is 2.22. The third-order valence-corrected chi connectivity index (χ3v) is 6.08. The predicted octanol–water partition coefficient (Wildman–Crippen LogP) is 4.09. The number of thiophene rings is 1. The van der Waals surface area contributed by atoms with Gasteiger partial charge in [-0.2, -0.15) is 0 Å². The molecule has 1 aliphatic rings. The number of aromatic nitrogens is 1. The number of carbonyl (C=O) groups is 2. The minimum atomic E-state index is -0.132. The molecule has 3 heterocycles. The number of nitrogens with zero attached hydrogens (tertiary/aromatic N) is 2. The van der Waals surface area contributed by atoms with Gasteiger partial charge in [0.1, 0.15) is 0 Å². The largest absolute Gasteiger partial charge is 0.350 e. The van der Waals surface area contributed by atoms with E-state index in [0.717, 1.165) is 40.9 Å². The predicted molar refractivity (Wildman–Crippen MR) is 112 cm³/mol. The van der Waals surface area contributed by atoms with Gasteiger partial charge in [-0.05, 0) is 43.3 Å². The molecule has 144 valence electrons. The third-order valence-electron chi connectivity index (χ3n) is 5.18. The standard InChI is InChI=1S/C22H23N3O2S/c1-15(25-11-5-4-10-21(25)26)14-23-22(27)17-13-19(20-9-6-12-28-20)24-18-8-3-2-7-16(17)18/h2-3,6-9,12-13,15H,4-5,10-11,14H2,1H3,(H,23,27). The van der Waals surface area contributed by atoms with Crippen molar-refractivity contribution in [3.05, 3.63) is 53.4 Å². The van der Waals surface area contributed by atoms with Gasteiger partial charge in [0, 0.05) is 30.9 Å². The van der Waals surface area contributed by atoms with Crippen molar-refractivity contribution in [2.75, 3.05) is 13.1 Å². The molecule has 6 heteroatoms. The van der Waals surface area contributed by atoms with Gasteiger partial charge in [-0.15, -0.1) is 11.3 Å². The minimum Gasteiger partial charge on any atom is -0.350 e. The molecular formula is C22H23N3O2S. The van der Waals surface area contributed by atoms with E-state index in [0.29, 0.717) is 18.5 Å². The van der Waals surface area contributed by atoms with E-state index in [1.807, 2.05) is 59.7 Å². The van der Waals surface area contributed by atoms with Crippen LogP contribution in [0.4, 0.5) is 0 Å². The van der Waals surface area contributed by atoms with Gasteiger partial charge in [-0.1, -0.05) is 24.3 Å². The number of benzene rings is 1.